The van der Waals surface area contributed by atoms with Crippen LogP contribution in [0.3, 0.4) is 0 Å². The average molecular weight is 314 g/mol. The standard InChI is InChI=1S/C17H22N4O2/c1-3-21(17(22)16-12-18-13-19(16)2)15-6-4-14(5-7-15)20-8-10-23-11-9-20/h4-7,12-13H,3,8-11H2,1-2H3. The minimum atomic E-state index is -0.0355. The first-order valence-corrected chi connectivity index (χ1v) is 7.91. The topological polar surface area (TPSA) is 50.6 Å². The van der Waals surface area contributed by atoms with Gasteiger partial charge >= 0.3 is 0 Å². The summed E-state index contributed by atoms with van der Waals surface area (Å²) < 4.78 is 7.12. The Morgan fingerprint density at radius 2 is 1.96 bits per heavy atom. The Labute approximate surface area is 136 Å². The van der Waals surface area contributed by atoms with Crippen LogP contribution in [-0.2, 0) is 11.8 Å². The van der Waals surface area contributed by atoms with E-state index in [0.29, 0.717) is 12.2 Å². The van der Waals surface area contributed by atoms with Gasteiger partial charge in [0.1, 0.15) is 5.69 Å². The van der Waals surface area contributed by atoms with Crippen molar-refractivity contribution in [3.63, 3.8) is 0 Å². The van der Waals surface area contributed by atoms with Gasteiger partial charge < -0.3 is 19.1 Å². The molecule has 0 spiro atoms. The highest BCUT2D eigenvalue weighted by Gasteiger charge is 2.19. The lowest BCUT2D eigenvalue weighted by atomic mass is 10.2. The van der Waals surface area contributed by atoms with Crippen molar-refractivity contribution in [2.75, 3.05) is 42.6 Å². The zero-order chi connectivity index (χ0) is 16.2. The lowest BCUT2D eigenvalue weighted by Crippen LogP contribution is -2.36. The fourth-order valence-electron chi connectivity index (χ4n) is 2.81. The Morgan fingerprint density at radius 1 is 1.26 bits per heavy atom. The number of rotatable bonds is 4. The van der Waals surface area contributed by atoms with Gasteiger partial charge in [-0.15, -0.1) is 0 Å². The number of anilines is 2. The number of morpholine rings is 1. The van der Waals surface area contributed by atoms with Crippen LogP contribution in [0.2, 0.25) is 0 Å². The second kappa shape index (κ2) is 6.83. The molecular weight excluding hydrogens is 292 g/mol. The van der Waals surface area contributed by atoms with Crippen molar-refractivity contribution in [3.8, 4) is 0 Å². The second-order valence-electron chi connectivity index (χ2n) is 5.56. The number of aromatic nitrogens is 2. The molecule has 0 aliphatic carbocycles. The summed E-state index contributed by atoms with van der Waals surface area (Å²) >= 11 is 0. The van der Waals surface area contributed by atoms with Crippen molar-refractivity contribution in [3.05, 3.63) is 42.5 Å². The number of carbonyl (C=O) groups is 1. The second-order valence-corrected chi connectivity index (χ2v) is 5.56. The van der Waals surface area contributed by atoms with Gasteiger partial charge in [0, 0.05) is 38.1 Å². The van der Waals surface area contributed by atoms with Crippen molar-refractivity contribution in [2.45, 2.75) is 6.92 Å². The number of nitrogens with zero attached hydrogens (tertiary/aromatic N) is 4. The molecule has 122 valence electrons. The first-order chi connectivity index (χ1) is 11.2. The molecule has 6 heteroatoms. The molecule has 0 saturated carbocycles. The monoisotopic (exact) mass is 314 g/mol. The summed E-state index contributed by atoms with van der Waals surface area (Å²) in [4.78, 5) is 20.8. The first kappa shape index (κ1) is 15.6. The van der Waals surface area contributed by atoms with E-state index in [1.807, 2.05) is 26.1 Å². The van der Waals surface area contributed by atoms with Crippen LogP contribution < -0.4 is 9.80 Å². The third kappa shape index (κ3) is 3.22. The highest BCUT2D eigenvalue weighted by Crippen LogP contribution is 2.22. The Hall–Kier alpha value is -2.34. The fourth-order valence-corrected chi connectivity index (χ4v) is 2.81. The smallest absolute Gasteiger partial charge is 0.276 e. The van der Waals surface area contributed by atoms with Gasteiger partial charge in [0.2, 0.25) is 0 Å². The number of benzene rings is 1. The third-order valence-electron chi connectivity index (χ3n) is 4.13. The van der Waals surface area contributed by atoms with E-state index < -0.39 is 0 Å². The van der Waals surface area contributed by atoms with E-state index in [4.69, 9.17) is 4.74 Å². The van der Waals surface area contributed by atoms with Gasteiger partial charge in [-0.25, -0.2) is 4.98 Å². The average Bonchev–Trinajstić information content (AvgIpc) is 3.03. The van der Waals surface area contributed by atoms with E-state index in [1.54, 1.807) is 22.0 Å². The zero-order valence-corrected chi connectivity index (χ0v) is 13.6. The fraction of sp³-hybridized carbons (Fsp3) is 0.412. The Balaban J connectivity index is 1.79. The van der Waals surface area contributed by atoms with Gasteiger partial charge in [0.15, 0.2) is 0 Å². The van der Waals surface area contributed by atoms with Crippen molar-refractivity contribution in [2.24, 2.45) is 7.05 Å². The molecule has 0 radical (unpaired) electrons. The molecular formula is C17H22N4O2. The molecule has 1 aliphatic rings. The Morgan fingerprint density at radius 3 is 2.52 bits per heavy atom. The van der Waals surface area contributed by atoms with Gasteiger partial charge in [0.25, 0.3) is 5.91 Å². The van der Waals surface area contributed by atoms with Gasteiger partial charge in [-0.1, -0.05) is 0 Å². The molecule has 1 aromatic carbocycles. The lowest BCUT2D eigenvalue weighted by Gasteiger charge is -2.29. The van der Waals surface area contributed by atoms with Crippen molar-refractivity contribution in [1.29, 1.82) is 0 Å². The molecule has 3 rings (SSSR count). The quantitative estimate of drug-likeness (QED) is 0.865. The van der Waals surface area contributed by atoms with E-state index in [0.717, 1.165) is 32.0 Å². The van der Waals surface area contributed by atoms with E-state index in [2.05, 4.69) is 22.0 Å². The predicted octanol–water partition coefficient (Wildman–Crippen LogP) is 1.92. The minimum Gasteiger partial charge on any atom is -0.378 e. The first-order valence-electron chi connectivity index (χ1n) is 7.91. The van der Waals surface area contributed by atoms with Crippen molar-refractivity contribution < 1.29 is 9.53 Å². The van der Waals surface area contributed by atoms with Crippen molar-refractivity contribution in [1.82, 2.24) is 9.55 Å². The molecule has 2 aromatic rings. The SMILES string of the molecule is CCN(C(=O)c1cncn1C)c1ccc(N2CCOCC2)cc1. The molecule has 6 nitrogen and oxygen atoms in total. The van der Waals surface area contributed by atoms with Crippen LogP contribution >= 0.6 is 0 Å². The largest absolute Gasteiger partial charge is 0.378 e. The molecule has 1 aromatic heterocycles. The number of hydrogen-bond donors (Lipinski definition) is 0. The molecule has 1 fully saturated rings. The summed E-state index contributed by atoms with van der Waals surface area (Å²) in [5, 5.41) is 0. The normalized spacial score (nSPS) is 14.8. The summed E-state index contributed by atoms with van der Waals surface area (Å²) in [6, 6.07) is 8.14. The molecule has 0 N–H and O–H groups in total. The van der Waals surface area contributed by atoms with Crippen LogP contribution in [-0.4, -0.2) is 48.3 Å². The predicted molar refractivity (Wildman–Crippen MR) is 90.0 cm³/mol. The third-order valence-corrected chi connectivity index (χ3v) is 4.13. The number of carbonyl (C=O) groups excluding carboxylic acids is 1. The van der Waals surface area contributed by atoms with Crippen LogP contribution in [0.25, 0.3) is 0 Å². The summed E-state index contributed by atoms with van der Waals surface area (Å²) in [7, 11) is 1.83. The van der Waals surface area contributed by atoms with E-state index in [9.17, 15) is 4.79 Å². The highest BCUT2D eigenvalue weighted by atomic mass is 16.5. The molecule has 2 heterocycles. The summed E-state index contributed by atoms with van der Waals surface area (Å²) in [6.45, 7) is 5.93. The number of ether oxygens (including phenoxy) is 1. The molecule has 0 unspecified atom stereocenters. The maximum absolute atomic E-state index is 12.7. The van der Waals surface area contributed by atoms with Gasteiger partial charge in [-0.2, -0.15) is 0 Å². The maximum atomic E-state index is 12.7. The summed E-state index contributed by atoms with van der Waals surface area (Å²) in [5.74, 6) is -0.0355. The zero-order valence-electron chi connectivity index (χ0n) is 13.6. The van der Waals surface area contributed by atoms with Crippen molar-refractivity contribution >= 4 is 17.3 Å². The van der Waals surface area contributed by atoms with Crippen LogP contribution in [0.1, 0.15) is 17.4 Å². The van der Waals surface area contributed by atoms with E-state index >= 15 is 0 Å². The summed E-state index contributed by atoms with van der Waals surface area (Å²) in [6.07, 6.45) is 3.25. The molecule has 1 saturated heterocycles. The molecule has 23 heavy (non-hydrogen) atoms. The van der Waals surface area contributed by atoms with Gasteiger partial charge in [-0.05, 0) is 31.2 Å². The Bertz CT molecular complexity index is 659. The molecule has 1 aliphatic heterocycles. The van der Waals surface area contributed by atoms with Crippen LogP contribution in [0, 0.1) is 0 Å². The lowest BCUT2D eigenvalue weighted by molar-refractivity contribution is 0.0980. The maximum Gasteiger partial charge on any atom is 0.276 e. The molecule has 0 atom stereocenters. The number of amides is 1. The minimum absolute atomic E-state index is 0.0355. The number of aryl methyl sites for hydroxylation is 1. The number of imidazole rings is 1. The Kier molecular flexibility index (Phi) is 4.62. The van der Waals surface area contributed by atoms with Crippen LogP contribution in [0.4, 0.5) is 11.4 Å². The number of hydrogen-bond acceptors (Lipinski definition) is 4. The van der Waals surface area contributed by atoms with E-state index in [1.165, 1.54) is 5.69 Å². The van der Waals surface area contributed by atoms with E-state index in [-0.39, 0.29) is 5.91 Å². The highest BCUT2D eigenvalue weighted by molar-refractivity contribution is 6.04. The molecule has 1 amide bonds. The van der Waals surface area contributed by atoms with Crippen LogP contribution in [0.5, 0.6) is 0 Å². The molecule has 0 bridgehead atoms. The van der Waals surface area contributed by atoms with Gasteiger partial charge in [-0.3, -0.25) is 4.79 Å². The van der Waals surface area contributed by atoms with Gasteiger partial charge in [0.05, 0.1) is 25.7 Å². The summed E-state index contributed by atoms with van der Waals surface area (Å²) in [5.41, 5.74) is 2.65. The van der Waals surface area contributed by atoms with Crippen LogP contribution in [0.15, 0.2) is 36.8 Å².